The van der Waals surface area contributed by atoms with E-state index in [1.165, 1.54) is 234 Å². The first-order valence-corrected chi connectivity index (χ1v) is 55.2. The lowest BCUT2D eigenvalue weighted by Crippen LogP contribution is -2.00. The molecular formula is C138H120OS6. The molecule has 7 heteroatoms. The number of ether oxygens (including phenoxy) is 1. The van der Waals surface area contributed by atoms with Crippen LogP contribution in [0.5, 0.6) is 5.75 Å². The molecule has 1 nitrogen and oxygen atoms in total. The highest BCUT2D eigenvalue weighted by Gasteiger charge is 2.25. The molecule has 0 spiro atoms. The molecule has 0 atom stereocenters. The average Bonchev–Trinajstić information content (AvgIpc) is 0.806. The van der Waals surface area contributed by atoms with E-state index in [9.17, 15) is 0 Å². The SMILES string of the molecule is C=C(c1ccc(C(C)C)cc1)c1ccc2c(c1)Cc1ccccc1S2.C=C(c1ccc(C)cc1)c1ccc2c(c1)Cc1ccccc1S2.C=C(c1ccc(C)cc1)c1ccc2c(c1)Cc1ccccc1S2.C=C(c1ccc(CC)cc1)c1ccc2c(c1)Cc1ccccc1S2.C=C(c1ccc(CCCC)cc1)c1ccc2c(c1)Cc1ccccc1S2.C=C(c1ccc(OC)cc1)c1ccc2c(c1)Cc1ccccc1S2. The van der Waals surface area contributed by atoms with E-state index in [1.807, 2.05) is 82.7 Å². The molecule has 24 rings (SSSR count). The van der Waals surface area contributed by atoms with Gasteiger partial charge in [-0.15, -0.1) is 0 Å². The fourth-order valence-corrected chi connectivity index (χ4v) is 25.4. The Labute approximate surface area is 885 Å². The lowest BCUT2D eigenvalue weighted by Gasteiger charge is -2.20. The second kappa shape index (κ2) is 46.6. The van der Waals surface area contributed by atoms with Crippen molar-refractivity contribution in [3.05, 3.63) is 601 Å². The van der Waals surface area contributed by atoms with Gasteiger partial charge in [-0.25, -0.2) is 0 Å². The van der Waals surface area contributed by atoms with E-state index in [0.717, 1.165) is 89.7 Å². The predicted molar refractivity (Wildman–Crippen MR) is 624 cm³/mol. The molecule has 0 unspecified atom stereocenters. The van der Waals surface area contributed by atoms with Gasteiger partial charge in [0.2, 0.25) is 0 Å². The van der Waals surface area contributed by atoms with Gasteiger partial charge in [0.15, 0.2) is 0 Å². The first kappa shape index (κ1) is 100. The minimum absolute atomic E-state index is 0.558. The van der Waals surface area contributed by atoms with Crippen LogP contribution in [0, 0.1) is 13.8 Å². The van der Waals surface area contributed by atoms with Crippen LogP contribution < -0.4 is 4.74 Å². The molecular weight excluding hydrogens is 1870 g/mol. The zero-order valence-electron chi connectivity index (χ0n) is 83.9. The van der Waals surface area contributed by atoms with Gasteiger partial charge in [-0.2, -0.15) is 0 Å². The Morgan fingerprint density at radius 3 is 0.655 bits per heavy atom. The lowest BCUT2D eigenvalue weighted by molar-refractivity contribution is 0.415. The van der Waals surface area contributed by atoms with Gasteiger partial charge in [0.1, 0.15) is 5.75 Å². The predicted octanol–water partition coefficient (Wildman–Crippen LogP) is 38.5. The van der Waals surface area contributed by atoms with Gasteiger partial charge in [0.25, 0.3) is 0 Å². The monoisotopic (exact) mass is 1980 g/mol. The topological polar surface area (TPSA) is 9.23 Å². The largest absolute Gasteiger partial charge is 0.497 e. The minimum atomic E-state index is 0.558. The third kappa shape index (κ3) is 24.1. The number of unbranched alkanes of at least 4 members (excludes halogenated alkanes) is 1. The average molecular weight is 1990 g/mol. The van der Waals surface area contributed by atoms with Crippen molar-refractivity contribution < 1.29 is 4.74 Å². The molecule has 6 heterocycles. The maximum Gasteiger partial charge on any atom is 0.118 e. The summed E-state index contributed by atoms with van der Waals surface area (Å²) in [5, 5.41) is 0. The van der Waals surface area contributed by atoms with Crippen molar-refractivity contribution in [2.24, 2.45) is 0 Å². The van der Waals surface area contributed by atoms with Crippen LogP contribution in [0.1, 0.15) is 208 Å². The maximum absolute atomic E-state index is 5.23. The summed E-state index contributed by atoms with van der Waals surface area (Å²) in [6.07, 6.45) is 10.8. The van der Waals surface area contributed by atoms with Crippen LogP contribution in [0.2, 0.25) is 0 Å². The zero-order chi connectivity index (χ0) is 100.0. The van der Waals surface area contributed by atoms with Gasteiger partial charge in [-0.1, -0.05) is 434 Å². The summed E-state index contributed by atoms with van der Waals surface area (Å²) in [5.41, 5.74) is 44.6. The van der Waals surface area contributed by atoms with Crippen molar-refractivity contribution in [1.82, 2.24) is 0 Å². The normalized spacial score (nSPS) is 12.4. The maximum atomic E-state index is 5.23. The van der Waals surface area contributed by atoms with Gasteiger partial charge in [0, 0.05) is 58.7 Å². The van der Waals surface area contributed by atoms with Gasteiger partial charge in [0.05, 0.1) is 7.11 Å². The van der Waals surface area contributed by atoms with E-state index >= 15 is 0 Å². The van der Waals surface area contributed by atoms with Gasteiger partial charge >= 0.3 is 0 Å². The molecule has 0 aromatic heterocycles. The molecule has 6 aliphatic rings. The summed E-state index contributed by atoms with van der Waals surface area (Å²) in [7, 11) is 1.68. The molecule has 0 bridgehead atoms. The molecule has 6 aliphatic heterocycles. The Morgan fingerprint density at radius 2 is 0.434 bits per heavy atom. The molecule has 714 valence electrons. The first-order chi connectivity index (χ1) is 70.7. The van der Waals surface area contributed by atoms with Crippen LogP contribution in [0.3, 0.4) is 0 Å². The Morgan fingerprint density at radius 1 is 0.234 bits per heavy atom. The van der Waals surface area contributed by atoms with Crippen molar-refractivity contribution in [3.63, 3.8) is 0 Å². The Hall–Kier alpha value is -13.7. The lowest BCUT2D eigenvalue weighted by atomic mass is 9.94. The molecule has 0 saturated heterocycles. The molecule has 145 heavy (non-hydrogen) atoms. The van der Waals surface area contributed by atoms with Gasteiger partial charge in [-0.05, 0) is 383 Å². The van der Waals surface area contributed by atoms with Crippen molar-refractivity contribution in [3.8, 4) is 5.75 Å². The van der Waals surface area contributed by atoms with Crippen LogP contribution in [-0.4, -0.2) is 7.11 Å². The highest BCUT2D eigenvalue weighted by atomic mass is 32.2. The number of hydrogen-bond acceptors (Lipinski definition) is 7. The molecule has 0 saturated carbocycles. The Bertz CT molecular complexity index is 7560. The van der Waals surface area contributed by atoms with E-state index in [1.54, 1.807) is 7.11 Å². The van der Waals surface area contributed by atoms with Crippen molar-refractivity contribution in [2.45, 2.75) is 170 Å². The number of aryl methyl sites for hydroxylation is 4. The molecule has 0 radical (unpaired) electrons. The number of rotatable bonds is 18. The summed E-state index contributed by atoms with van der Waals surface area (Å²) in [4.78, 5) is 16.5. The second-order valence-corrected chi connectivity index (χ2v) is 44.7. The van der Waals surface area contributed by atoms with Crippen LogP contribution in [0.25, 0.3) is 33.4 Å². The van der Waals surface area contributed by atoms with Crippen molar-refractivity contribution in [2.75, 3.05) is 7.11 Å². The summed E-state index contributed by atoms with van der Waals surface area (Å²) in [5.74, 6) is 1.42. The molecule has 0 amide bonds. The van der Waals surface area contributed by atoms with E-state index < -0.39 is 0 Å². The molecule has 0 fully saturated rings. The molecule has 18 aromatic carbocycles. The number of hydrogen-bond donors (Lipinski definition) is 0. The van der Waals surface area contributed by atoms with Gasteiger partial charge in [-0.3, -0.25) is 0 Å². The smallest absolute Gasteiger partial charge is 0.118 e. The fourth-order valence-electron chi connectivity index (χ4n) is 19.0. The second-order valence-electron chi connectivity index (χ2n) is 38.2. The number of benzene rings is 18. The summed E-state index contributed by atoms with van der Waals surface area (Å²) in [6, 6.07) is 144. The van der Waals surface area contributed by atoms with Gasteiger partial charge < -0.3 is 4.74 Å². The molecule has 0 N–H and O–H groups in total. The van der Waals surface area contributed by atoms with Crippen molar-refractivity contribution >= 4 is 104 Å². The molecule has 0 aliphatic carbocycles. The third-order valence-electron chi connectivity index (χ3n) is 27.9. The van der Waals surface area contributed by atoms with Crippen LogP contribution in [0.15, 0.2) is 499 Å². The standard InChI is InChI=1S/C25H24S.C24H22S.C23H20S.C22H18OS.2C22H18S/c1-3-4-7-19-10-12-20(13-11-19)18(2)21-14-15-25-23(16-21)17-22-8-5-6-9-24(22)26-25;1-16(2)18-8-10-19(11-9-18)17(3)20-12-13-24-22(14-20)15-21-6-4-5-7-23(21)25-24;1-3-17-8-10-18(11-9-17)16(2)19-12-13-23-21(14-19)15-20-6-4-5-7-22(20)24-23;1-15(16-7-10-20(23-2)11-8-16)17-9-12-22-19(13-17)14-18-5-3-4-6-21(18)24-22;2*1-15-7-9-17(10-8-15)16(2)18-11-12-22-20(13-18)14-19-5-3-4-6-21(19)23-22/h5-6,8-16H,2-4,7,17H2,1H3;4-14,16H,3,15H2,1-2H3;4-14H,2-3,15H2,1H3;3-13H,1,14H2,2H3;2*3-13H,2,14H2,1H3. The summed E-state index contributed by atoms with van der Waals surface area (Å²) in [6.45, 7) is 39.1. The number of fused-ring (bicyclic) bond motifs is 12. The summed E-state index contributed by atoms with van der Waals surface area (Å²) < 4.78 is 5.23. The van der Waals surface area contributed by atoms with Crippen LogP contribution in [-0.2, 0) is 51.4 Å². The summed E-state index contributed by atoms with van der Waals surface area (Å²) >= 11 is 11.2. The fraction of sp³-hybridized carbons (Fsp3) is 0.130. The van der Waals surface area contributed by atoms with E-state index in [2.05, 4.69) is 469 Å². The van der Waals surface area contributed by atoms with E-state index in [4.69, 9.17) is 4.74 Å². The first-order valence-electron chi connectivity index (χ1n) is 50.3. The third-order valence-corrected chi connectivity index (χ3v) is 35.3. The zero-order valence-corrected chi connectivity index (χ0v) is 88.8. The number of methoxy groups -OCH3 is 1. The van der Waals surface area contributed by atoms with Crippen LogP contribution >= 0.6 is 70.6 Å². The van der Waals surface area contributed by atoms with Crippen LogP contribution in [0.4, 0.5) is 0 Å². The molecule has 18 aromatic rings. The van der Waals surface area contributed by atoms with Crippen molar-refractivity contribution in [1.29, 1.82) is 0 Å². The highest BCUT2D eigenvalue weighted by molar-refractivity contribution is 8.00. The van der Waals surface area contributed by atoms with E-state index in [0.29, 0.717) is 5.92 Å². The minimum Gasteiger partial charge on any atom is -0.497 e. The Balaban J connectivity index is 0.000000110. The Kier molecular flexibility index (Phi) is 32.1. The van der Waals surface area contributed by atoms with E-state index in [-0.39, 0.29) is 0 Å². The quantitative estimate of drug-likeness (QED) is 0.0836. The highest BCUT2D eigenvalue weighted by Crippen LogP contribution is 2.49.